The maximum atomic E-state index is 13.0. The summed E-state index contributed by atoms with van der Waals surface area (Å²) >= 11 is 0. The number of hydrogen-bond acceptors (Lipinski definition) is 2. The highest BCUT2D eigenvalue weighted by molar-refractivity contribution is 5.19. The third-order valence-corrected chi connectivity index (χ3v) is 2.53. The predicted molar refractivity (Wildman–Crippen MR) is 64.3 cm³/mol. The van der Waals surface area contributed by atoms with E-state index in [1.54, 1.807) is 12.1 Å². The van der Waals surface area contributed by atoms with E-state index in [9.17, 15) is 17.6 Å². The molecule has 0 aliphatic rings. The summed E-state index contributed by atoms with van der Waals surface area (Å²) in [4.78, 5) is 0. The highest BCUT2D eigenvalue weighted by Gasteiger charge is 2.27. The number of hydrogen-bond donors (Lipinski definition) is 1. The Hall–Kier alpha value is -1.14. The lowest BCUT2D eigenvalue weighted by atomic mass is 10.1. The van der Waals surface area contributed by atoms with Crippen molar-refractivity contribution < 1.29 is 22.3 Å². The third kappa shape index (κ3) is 7.12. The van der Waals surface area contributed by atoms with Crippen LogP contribution in [0.2, 0.25) is 0 Å². The van der Waals surface area contributed by atoms with Crippen LogP contribution in [0.4, 0.5) is 17.6 Å². The second kappa shape index (κ2) is 7.45. The Labute approximate surface area is 109 Å². The molecule has 0 fully saturated rings. The van der Waals surface area contributed by atoms with Gasteiger partial charge in [-0.25, -0.2) is 4.39 Å². The molecule has 0 radical (unpaired) electrons. The van der Waals surface area contributed by atoms with Crippen molar-refractivity contribution in [3.8, 4) is 0 Å². The molecule has 0 aliphatic heterocycles. The zero-order valence-electron chi connectivity index (χ0n) is 10.6. The molecule has 1 atom stereocenters. The average Bonchev–Trinajstić information content (AvgIpc) is 2.32. The van der Waals surface area contributed by atoms with Gasteiger partial charge in [0.2, 0.25) is 0 Å². The fraction of sp³-hybridized carbons (Fsp3) is 0.538. The normalized spacial score (nSPS) is 13.5. The fourth-order valence-corrected chi connectivity index (χ4v) is 1.57. The number of nitrogens with one attached hydrogen (secondary N) is 1. The smallest absolute Gasteiger partial charge is 0.372 e. The molecule has 1 aromatic rings. The van der Waals surface area contributed by atoms with Gasteiger partial charge in [-0.15, -0.1) is 0 Å². The van der Waals surface area contributed by atoms with Crippen molar-refractivity contribution in [3.05, 3.63) is 35.6 Å². The number of benzene rings is 1. The van der Waals surface area contributed by atoms with Crippen molar-refractivity contribution in [2.75, 3.05) is 19.8 Å². The molecule has 1 aromatic carbocycles. The second-order valence-electron chi connectivity index (χ2n) is 4.25. The summed E-state index contributed by atoms with van der Waals surface area (Å²) in [6.45, 7) is 1.20. The molecular weight excluding hydrogens is 262 g/mol. The first-order valence-electron chi connectivity index (χ1n) is 6.02. The highest BCUT2D eigenvalue weighted by atomic mass is 19.4. The van der Waals surface area contributed by atoms with E-state index in [4.69, 9.17) is 0 Å². The van der Waals surface area contributed by atoms with Gasteiger partial charge in [0.1, 0.15) is 12.4 Å². The van der Waals surface area contributed by atoms with Gasteiger partial charge in [0.25, 0.3) is 0 Å². The lowest BCUT2D eigenvalue weighted by Crippen LogP contribution is -2.22. The Bertz CT molecular complexity index is 381. The van der Waals surface area contributed by atoms with Crippen LogP contribution in [-0.2, 0) is 4.74 Å². The molecule has 0 aromatic heterocycles. The second-order valence-corrected chi connectivity index (χ2v) is 4.25. The fourth-order valence-electron chi connectivity index (χ4n) is 1.57. The molecule has 0 spiro atoms. The van der Waals surface area contributed by atoms with Crippen LogP contribution in [0.5, 0.6) is 0 Å². The largest absolute Gasteiger partial charge is 0.411 e. The Morgan fingerprint density at radius 2 is 2.05 bits per heavy atom. The molecule has 0 aliphatic carbocycles. The Kier molecular flexibility index (Phi) is 6.24. The average molecular weight is 279 g/mol. The maximum Gasteiger partial charge on any atom is 0.411 e. The number of alkyl halides is 3. The molecule has 19 heavy (non-hydrogen) atoms. The first-order valence-corrected chi connectivity index (χ1v) is 6.02. The Morgan fingerprint density at radius 1 is 1.32 bits per heavy atom. The molecule has 2 nitrogen and oxygen atoms in total. The van der Waals surface area contributed by atoms with Gasteiger partial charge in [0, 0.05) is 12.6 Å². The zero-order valence-corrected chi connectivity index (χ0v) is 10.6. The van der Waals surface area contributed by atoms with Gasteiger partial charge >= 0.3 is 6.18 Å². The summed E-state index contributed by atoms with van der Waals surface area (Å²) in [7, 11) is 0. The molecule has 6 heteroatoms. The van der Waals surface area contributed by atoms with Crippen molar-refractivity contribution in [3.63, 3.8) is 0 Å². The van der Waals surface area contributed by atoms with Crippen LogP contribution >= 0.6 is 0 Å². The quantitative estimate of drug-likeness (QED) is 0.610. The zero-order chi connectivity index (χ0) is 14.3. The van der Waals surface area contributed by atoms with Crippen LogP contribution in [0.1, 0.15) is 24.9 Å². The first-order chi connectivity index (χ1) is 8.88. The summed E-state index contributed by atoms with van der Waals surface area (Å²) in [5.41, 5.74) is 0.802. The third-order valence-electron chi connectivity index (χ3n) is 2.53. The van der Waals surface area contributed by atoms with E-state index >= 15 is 0 Å². The van der Waals surface area contributed by atoms with Gasteiger partial charge in [-0.3, -0.25) is 0 Å². The van der Waals surface area contributed by atoms with Gasteiger partial charge in [-0.05, 0) is 37.6 Å². The van der Waals surface area contributed by atoms with Crippen molar-refractivity contribution in [2.24, 2.45) is 0 Å². The summed E-state index contributed by atoms with van der Waals surface area (Å²) < 4.78 is 52.8. The van der Waals surface area contributed by atoms with Crippen LogP contribution in [0.25, 0.3) is 0 Å². The minimum atomic E-state index is -4.28. The summed E-state index contributed by atoms with van der Waals surface area (Å²) in [5, 5.41) is 3.10. The molecule has 1 rings (SSSR count). The van der Waals surface area contributed by atoms with Gasteiger partial charge in [0.05, 0.1) is 0 Å². The van der Waals surface area contributed by atoms with E-state index in [0.29, 0.717) is 13.0 Å². The molecule has 108 valence electrons. The minimum Gasteiger partial charge on any atom is -0.372 e. The predicted octanol–water partition coefficient (Wildman–Crippen LogP) is 3.45. The van der Waals surface area contributed by atoms with E-state index in [0.717, 1.165) is 5.56 Å². The molecule has 0 amide bonds. The minimum absolute atomic E-state index is 0.0440. The van der Waals surface area contributed by atoms with E-state index in [1.807, 2.05) is 6.92 Å². The van der Waals surface area contributed by atoms with Gasteiger partial charge in [-0.2, -0.15) is 13.2 Å². The molecule has 1 unspecified atom stereocenters. The molecular formula is C13H17F4NO. The van der Waals surface area contributed by atoms with Crippen LogP contribution in [0.15, 0.2) is 24.3 Å². The Balaban J connectivity index is 2.16. The molecule has 1 N–H and O–H groups in total. The van der Waals surface area contributed by atoms with Gasteiger partial charge < -0.3 is 10.1 Å². The SMILES string of the molecule is CC(NCCCOCC(F)(F)F)c1cccc(F)c1. The molecule has 0 saturated heterocycles. The monoisotopic (exact) mass is 279 g/mol. The lowest BCUT2D eigenvalue weighted by Gasteiger charge is -2.14. The van der Waals surface area contributed by atoms with Crippen LogP contribution < -0.4 is 5.32 Å². The lowest BCUT2D eigenvalue weighted by molar-refractivity contribution is -0.173. The Morgan fingerprint density at radius 3 is 2.68 bits per heavy atom. The van der Waals surface area contributed by atoms with Gasteiger partial charge in [-0.1, -0.05) is 12.1 Å². The van der Waals surface area contributed by atoms with Gasteiger partial charge in [0.15, 0.2) is 0 Å². The number of rotatable bonds is 7. The van der Waals surface area contributed by atoms with Crippen molar-refractivity contribution in [2.45, 2.75) is 25.6 Å². The first kappa shape index (κ1) is 15.9. The van der Waals surface area contributed by atoms with Crippen LogP contribution in [0, 0.1) is 5.82 Å². The standard InChI is InChI=1S/C13H17F4NO/c1-10(11-4-2-5-12(14)8-11)18-6-3-7-19-9-13(15,16)17/h2,4-5,8,10,18H,3,6-7,9H2,1H3. The summed E-state index contributed by atoms with van der Waals surface area (Å²) in [6.07, 6.45) is -3.81. The molecule has 0 heterocycles. The molecule has 0 saturated carbocycles. The number of ether oxygens (including phenoxy) is 1. The maximum absolute atomic E-state index is 13.0. The van der Waals surface area contributed by atoms with E-state index in [2.05, 4.69) is 10.1 Å². The van der Waals surface area contributed by atoms with Crippen molar-refractivity contribution in [1.82, 2.24) is 5.32 Å². The topological polar surface area (TPSA) is 21.3 Å². The summed E-state index contributed by atoms with van der Waals surface area (Å²) in [5.74, 6) is -0.306. The van der Waals surface area contributed by atoms with E-state index in [1.165, 1.54) is 12.1 Å². The van der Waals surface area contributed by atoms with Crippen molar-refractivity contribution in [1.29, 1.82) is 0 Å². The summed E-state index contributed by atoms with van der Waals surface area (Å²) in [6, 6.07) is 6.15. The van der Waals surface area contributed by atoms with Crippen LogP contribution in [-0.4, -0.2) is 25.9 Å². The van der Waals surface area contributed by atoms with E-state index in [-0.39, 0.29) is 18.5 Å². The van der Waals surface area contributed by atoms with E-state index < -0.39 is 12.8 Å². The van der Waals surface area contributed by atoms with Crippen molar-refractivity contribution >= 4 is 0 Å². The molecule has 0 bridgehead atoms. The number of halogens is 4. The highest BCUT2D eigenvalue weighted by Crippen LogP contribution is 2.15. The van der Waals surface area contributed by atoms with Crippen LogP contribution in [0.3, 0.4) is 0 Å².